The third-order valence-electron chi connectivity index (χ3n) is 3.06. The third-order valence-corrected chi connectivity index (χ3v) is 4.56. The van der Waals surface area contributed by atoms with Crippen molar-refractivity contribution in [1.82, 2.24) is 5.43 Å². The molecule has 0 radical (unpaired) electrons. The first kappa shape index (κ1) is 18.5. The minimum atomic E-state index is -0.148. The second kappa shape index (κ2) is 9.49. The first-order valence-corrected chi connectivity index (χ1v) is 9.30. The lowest BCUT2D eigenvalue weighted by molar-refractivity contribution is -0.118. The maximum atomic E-state index is 11.9. The molecule has 2 aromatic rings. The van der Waals surface area contributed by atoms with Crippen LogP contribution in [0, 0.1) is 6.92 Å². The van der Waals surface area contributed by atoms with E-state index in [0.717, 1.165) is 20.7 Å². The van der Waals surface area contributed by atoms with Gasteiger partial charge in [0, 0.05) is 14.9 Å². The number of hydrogen-bond donors (Lipinski definition) is 1. The minimum absolute atomic E-state index is 0.148. The van der Waals surface area contributed by atoms with Crippen molar-refractivity contribution in [2.24, 2.45) is 5.10 Å². The maximum absolute atomic E-state index is 11.9. The molecule has 4 nitrogen and oxygen atoms in total. The van der Waals surface area contributed by atoms with Gasteiger partial charge in [0.05, 0.1) is 18.6 Å². The quantitative estimate of drug-likeness (QED) is 0.421. The van der Waals surface area contributed by atoms with Gasteiger partial charge >= 0.3 is 0 Å². The molecule has 0 fully saturated rings. The molecule has 0 saturated carbocycles. The second-order valence-corrected chi connectivity index (χ2v) is 6.97. The Morgan fingerprint density at radius 2 is 2.04 bits per heavy atom. The summed E-state index contributed by atoms with van der Waals surface area (Å²) >= 11 is 4.90. The van der Waals surface area contributed by atoms with Crippen molar-refractivity contribution in [3.8, 4) is 5.75 Å². The van der Waals surface area contributed by atoms with Crippen LogP contribution in [0.15, 0.2) is 56.9 Å². The molecule has 6 heteroatoms. The van der Waals surface area contributed by atoms with E-state index in [9.17, 15) is 4.79 Å². The van der Waals surface area contributed by atoms with E-state index in [1.165, 1.54) is 17.3 Å². The standard InChI is InChI=1S/C18H19BrN2O2S/c1-3-23-17-9-6-15(19)10-14(17)11-20-21-18(22)12-24-16-7-4-13(2)5-8-16/h4-11H,3,12H2,1-2H3,(H,21,22)/b20-11+. The molecule has 0 aliphatic heterocycles. The molecule has 0 saturated heterocycles. The predicted molar refractivity (Wildman–Crippen MR) is 103 cm³/mol. The Morgan fingerprint density at radius 3 is 2.75 bits per heavy atom. The number of aryl methyl sites for hydroxylation is 1. The number of nitrogens with zero attached hydrogens (tertiary/aromatic N) is 1. The van der Waals surface area contributed by atoms with Crippen molar-refractivity contribution >= 4 is 39.8 Å². The molecular weight excluding hydrogens is 388 g/mol. The zero-order valence-electron chi connectivity index (χ0n) is 13.6. The molecule has 0 heterocycles. The van der Waals surface area contributed by atoms with Gasteiger partial charge in [0.1, 0.15) is 5.75 Å². The molecule has 2 aromatic carbocycles. The second-order valence-electron chi connectivity index (χ2n) is 5.01. The van der Waals surface area contributed by atoms with Crippen LogP contribution in [-0.2, 0) is 4.79 Å². The van der Waals surface area contributed by atoms with Crippen molar-refractivity contribution in [3.63, 3.8) is 0 Å². The van der Waals surface area contributed by atoms with Crippen LogP contribution < -0.4 is 10.2 Å². The fourth-order valence-corrected chi connectivity index (χ4v) is 2.97. The summed E-state index contributed by atoms with van der Waals surface area (Å²) in [5, 5.41) is 4.01. The number of nitrogens with one attached hydrogen (secondary N) is 1. The molecule has 0 spiro atoms. The maximum Gasteiger partial charge on any atom is 0.250 e. The zero-order valence-corrected chi connectivity index (χ0v) is 16.0. The molecule has 0 aliphatic carbocycles. The van der Waals surface area contributed by atoms with E-state index < -0.39 is 0 Å². The summed E-state index contributed by atoms with van der Waals surface area (Å²) in [6.45, 7) is 4.53. The summed E-state index contributed by atoms with van der Waals surface area (Å²) in [5.74, 6) is 0.898. The van der Waals surface area contributed by atoms with Gasteiger partial charge in [-0.2, -0.15) is 5.10 Å². The minimum Gasteiger partial charge on any atom is -0.493 e. The van der Waals surface area contributed by atoms with E-state index in [-0.39, 0.29) is 5.91 Å². The highest BCUT2D eigenvalue weighted by molar-refractivity contribution is 9.10. The van der Waals surface area contributed by atoms with Gasteiger partial charge in [-0.25, -0.2) is 5.43 Å². The smallest absolute Gasteiger partial charge is 0.250 e. The molecule has 2 rings (SSSR count). The first-order valence-electron chi connectivity index (χ1n) is 7.52. The highest BCUT2D eigenvalue weighted by Gasteiger charge is 2.04. The number of carbonyl (C=O) groups excluding carboxylic acids is 1. The number of hydrazone groups is 1. The highest BCUT2D eigenvalue weighted by Crippen LogP contribution is 2.22. The normalized spacial score (nSPS) is 10.8. The van der Waals surface area contributed by atoms with Gasteiger partial charge < -0.3 is 4.74 Å². The van der Waals surface area contributed by atoms with Gasteiger partial charge in [-0.1, -0.05) is 33.6 Å². The Morgan fingerprint density at radius 1 is 1.29 bits per heavy atom. The van der Waals surface area contributed by atoms with Crippen molar-refractivity contribution in [3.05, 3.63) is 58.1 Å². The van der Waals surface area contributed by atoms with Gasteiger partial charge in [-0.3, -0.25) is 4.79 Å². The number of hydrogen-bond acceptors (Lipinski definition) is 4. The number of thioether (sulfide) groups is 1. The van der Waals surface area contributed by atoms with Crippen LogP contribution in [0.1, 0.15) is 18.1 Å². The van der Waals surface area contributed by atoms with Gasteiger partial charge in [0.15, 0.2) is 0 Å². The number of benzene rings is 2. The van der Waals surface area contributed by atoms with E-state index >= 15 is 0 Å². The number of ether oxygens (including phenoxy) is 1. The molecule has 126 valence electrons. The summed E-state index contributed by atoms with van der Waals surface area (Å²) in [7, 11) is 0. The molecular formula is C18H19BrN2O2S. The van der Waals surface area contributed by atoms with E-state index in [4.69, 9.17) is 4.74 Å². The van der Waals surface area contributed by atoms with Crippen LogP contribution >= 0.6 is 27.7 Å². The van der Waals surface area contributed by atoms with Crippen LogP contribution in [-0.4, -0.2) is 24.5 Å². The van der Waals surface area contributed by atoms with Crippen LogP contribution in [0.4, 0.5) is 0 Å². The van der Waals surface area contributed by atoms with Crippen LogP contribution in [0.2, 0.25) is 0 Å². The van der Waals surface area contributed by atoms with Crippen molar-refractivity contribution in [1.29, 1.82) is 0 Å². The summed E-state index contributed by atoms with van der Waals surface area (Å²) in [6.07, 6.45) is 1.59. The molecule has 0 atom stereocenters. The van der Waals surface area contributed by atoms with Crippen LogP contribution in [0.3, 0.4) is 0 Å². The fraction of sp³-hybridized carbons (Fsp3) is 0.222. The number of halogens is 1. The number of amides is 1. The monoisotopic (exact) mass is 406 g/mol. The van der Waals surface area contributed by atoms with E-state index in [1.807, 2.05) is 56.3 Å². The molecule has 0 bridgehead atoms. The zero-order chi connectivity index (χ0) is 17.4. The van der Waals surface area contributed by atoms with Crippen LogP contribution in [0.5, 0.6) is 5.75 Å². The van der Waals surface area contributed by atoms with Gasteiger partial charge in [0.2, 0.25) is 5.91 Å². The summed E-state index contributed by atoms with van der Waals surface area (Å²) in [4.78, 5) is 12.9. The lowest BCUT2D eigenvalue weighted by atomic mass is 10.2. The lowest BCUT2D eigenvalue weighted by Crippen LogP contribution is -2.19. The van der Waals surface area contributed by atoms with E-state index in [0.29, 0.717) is 12.4 Å². The molecule has 0 unspecified atom stereocenters. The molecule has 1 amide bonds. The van der Waals surface area contributed by atoms with Gasteiger partial charge in [-0.15, -0.1) is 11.8 Å². The largest absolute Gasteiger partial charge is 0.493 e. The van der Waals surface area contributed by atoms with Crippen LogP contribution in [0.25, 0.3) is 0 Å². The Balaban J connectivity index is 1.88. The van der Waals surface area contributed by atoms with Gasteiger partial charge in [0.25, 0.3) is 0 Å². The Bertz CT molecular complexity index is 717. The average Bonchev–Trinajstić information content (AvgIpc) is 2.57. The third kappa shape index (κ3) is 6.02. The van der Waals surface area contributed by atoms with Crippen molar-refractivity contribution in [2.45, 2.75) is 18.7 Å². The van der Waals surface area contributed by atoms with E-state index in [2.05, 4.69) is 26.5 Å². The molecule has 0 aromatic heterocycles. The Hall–Kier alpha value is -1.79. The van der Waals surface area contributed by atoms with Gasteiger partial charge in [-0.05, 0) is 44.2 Å². The van der Waals surface area contributed by atoms with Crippen molar-refractivity contribution in [2.75, 3.05) is 12.4 Å². The average molecular weight is 407 g/mol. The van der Waals surface area contributed by atoms with E-state index in [1.54, 1.807) is 6.21 Å². The Kier molecular flexibility index (Phi) is 7.34. The number of rotatable bonds is 7. The molecule has 0 aliphatic rings. The summed E-state index contributed by atoms with van der Waals surface area (Å²) < 4.78 is 6.46. The molecule has 24 heavy (non-hydrogen) atoms. The summed E-state index contributed by atoms with van der Waals surface area (Å²) in [5.41, 5.74) is 4.55. The fourth-order valence-electron chi connectivity index (χ4n) is 1.90. The topological polar surface area (TPSA) is 50.7 Å². The predicted octanol–water partition coefficient (Wildman–Crippen LogP) is 4.40. The summed E-state index contributed by atoms with van der Waals surface area (Å²) in [6, 6.07) is 13.7. The Labute approximate surface area is 154 Å². The highest BCUT2D eigenvalue weighted by atomic mass is 79.9. The SMILES string of the molecule is CCOc1ccc(Br)cc1/C=N/NC(=O)CSc1ccc(C)cc1. The molecule has 1 N–H and O–H groups in total. The van der Waals surface area contributed by atoms with Crippen molar-refractivity contribution < 1.29 is 9.53 Å². The number of carbonyl (C=O) groups is 1. The lowest BCUT2D eigenvalue weighted by Gasteiger charge is -2.07. The first-order chi connectivity index (χ1) is 11.6.